The average molecular weight is 266 g/mol. The number of anilines is 1. The summed E-state index contributed by atoms with van der Waals surface area (Å²) >= 11 is 0. The highest BCUT2D eigenvalue weighted by Gasteiger charge is 2.14. The van der Waals surface area contributed by atoms with E-state index in [2.05, 4.69) is 5.32 Å². The SMILES string of the molecule is CC(C)CC(=O)N(C)CC(=O)Nc1cccc(F)c1. The third-order valence-corrected chi connectivity index (χ3v) is 2.50. The molecule has 0 aliphatic carbocycles. The first kappa shape index (κ1) is 15.1. The van der Waals surface area contributed by atoms with Crippen LogP contribution < -0.4 is 5.32 Å². The number of amides is 2. The van der Waals surface area contributed by atoms with Gasteiger partial charge in [0.05, 0.1) is 6.54 Å². The number of nitrogens with one attached hydrogen (secondary N) is 1. The molecule has 0 radical (unpaired) electrons. The highest BCUT2D eigenvalue weighted by Crippen LogP contribution is 2.09. The minimum atomic E-state index is -0.415. The molecule has 1 N–H and O–H groups in total. The Kier molecular flexibility index (Phi) is 5.48. The van der Waals surface area contributed by atoms with E-state index in [-0.39, 0.29) is 24.3 Å². The second-order valence-corrected chi connectivity index (χ2v) is 4.91. The van der Waals surface area contributed by atoms with Gasteiger partial charge in [-0.25, -0.2) is 4.39 Å². The van der Waals surface area contributed by atoms with Crippen molar-refractivity contribution in [3.63, 3.8) is 0 Å². The van der Waals surface area contributed by atoms with Crippen molar-refractivity contribution in [1.82, 2.24) is 4.90 Å². The van der Waals surface area contributed by atoms with Gasteiger partial charge in [0.15, 0.2) is 0 Å². The normalized spacial score (nSPS) is 10.4. The summed E-state index contributed by atoms with van der Waals surface area (Å²) < 4.78 is 12.9. The van der Waals surface area contributed by atoms with Crippen molar-refractivity contribution in [2.45, 2.75) is 20.3 Å². The number of halogens is 1. The first-order chi connectivity index (χ1) is 8.88. The third kappa shape index (κ3) is 5.50. The number of nitrogens with zero attached hydrogens (tertiary/aromatic N) is 1. The average Bonchev–Trinajstić information content (AvgIpc) is 2.27. The Morgan fingerprint density at radius 3 is 2.63 bits per heavy atom. The van der Waals surface area contributed by atoms with Crippen molar-refractivity contribution in [2.75, 3.05) is 18.9 Å². The first-order valence-electron chi connectivity index (χ1n) is 6.18. The van der Waals surface area contributed by atoms with E-state index in [0.717, 1.165) is 0 Å². The fraction of sp³-hybridized carbons (Fsp3) is 0.429. The molecule has 0 fully saturated rings. The van der Waals surface area contributed by atoms with Gasteiger partial charge in [-0.15, -0.1) is 0 Å². The van der Waals surface area contributed by atoms with Crippen molar-refractivity contribution in [3.8, 4) is 0 Å². The Bertz CT molecular complexity index is 461. The molecule has 4 nitrogen and oxygen atoms in total. The minimum Gasteiger partial charge on any atom is -0.336 e. The maximum atomic E-state index is 12.9. The van der Waals surface area contributed by atoms with Gasteiger partial charge in [0.1, 0.15) is 5.82 Å². The summed E-state index contributed by atoms with van der Waals surface area (Å²) in [7, 11) is 1.58. The molecule has 1 aromatic rings. The van der Waals surface area contributed by atoms with E-state index >= 15 is 0 Å². The van der Waals surface area contributed by atoms with E-state index in [9.17, 15) is 14.0 Å². The molecular formula is C14H19FN2O2. The quantitative estimate of drug-likeness (QED) is 0.888. The third-order valence-electron chi connectivity index (χ3n) is 2.50. The fourth-order valence-electron chi connectivity index (χ4n) is 1.58. The molecule has 0 aromatic heterocycles. The first-order valence-corrected chi connectivity index (χ1v) is 6.18. The van der Waals surface area contributed by atoms with Gasteiger partial charge in [-0.3, -0.25) is 9.59 Å². The van der Waals surface area contributed by atoms with E-state index in [1.165, 1.54) is 23.1 Å². The van der Waals surface area contributed by atoms with Crippen LogP contribution in [0, 0.1) is 11.7 Å². The van der Waals surface area contributed by atoms with Gasteiger partial charge in [-0.2, -0.15) is 0 Å². The smallest absolute Gasteiger partial charge is 0.243 e. The van der Waals surface area contributed by atoms with E-state index < -0.39 is 5.82 Å². The van der Waals surface area contributed by atoms with Gasteiger partial charge in [-0.05, 0) is 24.1 Å². The van der Waals surface area contributed by atoms with E-state index in [4.69, 9.17) is 0 Å². The highest BCUT2D eigenvalue weighted by molar-refractivity contribution is 5.94. The summed E-state index contributed by atoms with van der Waals surface area (Å²) in [5, 5.41) is 2.55. The second-order valence-electron chi connectivity index (χ2n) is 4.91. The molecule has 0 unspecified atom stereocenters. The zero-order valence-corrected chi connectivity index (χ0v) is 11.4. The van der Waals surface area contributed by atoms with Crippen LogP contribution in [0.4, 0.5) is 10.1 Å². The van der Waals surface area contributed by atoms with E-state index in [1.807, 2.05) is 13.8 Å². The second kappa shape index (κ2) is 6.87. The molecule has 0 spiro atoms. The Balaban J connectivity index is 2.49. The number of carbonyl (C=O) groups excluding carboxylic acids is 2. The number of likely N-dealkylation sites (N-methyl/N-ethyl adjacent to an activating group) is 1. The zero-order valence-electron chi connectivity index (χ0n) is 11.4. The number of benzene rings is 1. The monoisotopic (exact) mass is 266 g/mol. The lowest BCUT2D eigenvalue weighted by molar-refractivity contribution is -0.133. The van der Waals surface area contributed by atoms with Crippen molar-refractivity contribution >= 4 is 17.5 Å². The predicted octanol–water partition coefficient (Wildman–Crippen LogP) is 2.27. The topological polar surface area (TPSA) is 49.4 Å². The van der Waals surface area contributed by atoms with Crippen LogP contribution in [0.5, 0.6) is 0 Å². The summed E-state index contributed by atoms with van der Waals surface area (Å²) in [6, 6.07) is 5.64. The standard InChI is InChI=1S/C14H19FN2O2/c1-10(2)7-14(19)17(3)9-13(18)16-12-6-4-5-11(15)8-12/h4-6,8,10H,7,9H2,1-3H3,(H,16,18). The van der Waals surface area contributed by atoms with Crippen LogP contribution >= 0.6 is 0 Å². The fourth-order valence-corrected chi connectivity index (χ4v) is 1.58. The van der Waals surface area contributed by atoms with Gasteiger partial charge in [-0.1, -0.05) is 19.9 Å². The van der Waals surface area contributed by atoms with Crippen molar-refractivity contribution in [3.05, 3.63) is 30.1 Å². The predicted molar refractivity (Wildman–Crippen MR) is 72.1 cm³/mol. The van der Waals surface area contributed by atoms with Gasteiger partial charge in [0.25, 0.3) is 0 Å². The number of carbonyl (C=O) groups is 2. The molecule has 1 rings (SSSR count). The molecule has 0 bridgehead atoms. The molecule has 2 amide bonds. The summed E-state index contributed by atoms with van der Waals surface area (Å²) in [5.74, 6) is -0.585. The molecule has 19 heavy (non-hydrogen) atoms. The summed E-state index contributed by atoms with van der Waals surface area (Å²) in [6.07, 6.45) is 0.406. The van der Waals surface area contributed by atoms with Crippen LogP contribution in [0.15, 0.2) is 24.3 Å². The van der Waals surface area contributed by atoms with Crippen LogP contribution in [-0.4, -0.2) is 30.3 Å². The molecule has 104 valence electrons. The molecule has 0 aliphatic rings. The van der Waals surface area contributed by atoms with Crippen molar-refractivity contribution in [2.24, 2.45) is 5.92 Å². The lowest BCUT2D eigenvalue weighted by atomic mass is 10.1. The Labute approximate surface area is 112 Å². The van der Waals surface area contributed by atoms with Crippen LogP contribution in [0.2, 0.25) is 0 Å². The van der Waals surface area contributed by atoms with Crippen LogP contribution in [0.3, 0.4) is 0 Å². The van der Waals surface area contributed by atoms with E-state index in [0.29, 0.717) is 12.1 Å². The number of hydrogen-bond donors (Lipinski definition) is 1. The molecule has 0 saturated heterocycles. The summed E-state index contributed by atoms with van der Waals surface area (Å²) in [5.41, 5.74) is 0.384. The number of hydrogen-bond acceptors (Lipinski definition) is 2. The molecule has 0 heterocycles. The highest BCUT2D eigenvalue weighted by atomic mass is 19.1. The van der Waals surface area contributed by atoms with E-state index in [1.54, 1.807) is 13.1 Å². The molecular weight excluding hydrogens is 247 g/mol. The lowest BCUT2D eigenvalue weighted by Crippen LogP contribution is -2.35. The summed E-state index contributed by atoms with van der Waals surface area (Å²) in [4.78, 5) is 24.7. The Morgan fingerprint density at radius 2 is 2.05 bits per heavy atom. The van der Waals surface area contributed by atoms with Gasteiger partial charge in [0, 0.05) is 19.2 Å². The number of rotatable bonds is 5. The molecule has 0 aliphatic heterocycles. The van der Waals surface area contributed by atoms with Crippen molar-refractivity contribution < 1.29 is 14.0 Å². The van der Waals surface area contributed by atoms with Crippen molar-refractivity contribution in [1.29, 1.82) is 0 Å². The van der Waals surface area contributed by atoms with Gasteiger partial charge >= 0.3 is 0 Å². The van der Waals surface area contributed by atoms with Gasteiger partial charge < -0.3 is 10.2 Å². The molecule has 1 aromatic carbocycles. The Hall–Kier alpha value is -1.91. The molecule has 0 saturated carbocycles. The lowest BCUT2D eigenvalue weighted by Gasteiger charge is -2.17. The van der Waals surface area contributed by atoms with Gasteiger partial charge in [0.2, 0.25) is 11.8 Å². The van der Waals surface area contributed by atoms with Crippen LogP contribution in [0.25, 0.3) is 0 Å². The molecule has 5 heteroatoms. The minimum absolute atomic E-state index is 0.0396. The maximum absolute atomic E-state index is 12.9. The van der Waals surface area contributed by atoms with Crippen LogP contribution in [0.1, 0.15) is 20.3 Å². The zero-order chi connectivity index (χ0) is 14.4. The summed E-state index contributed by atoms with van der Waals surface area (Å²) in [6.45, 7) is 3.85. The molecule has 0 atom stereocenters. The largest absolute Gasteiger partial charge is 0.336 e. The van der Waals surface area contributed by atoms with Crippen LogP contribution in [-0.2, 0) is 9.59 Å². The maximum Gasteiger partial charge on any atom is 0.243 e. The Morgan fingerprint density at radius 1 is 1.37 bits per heavy atom.